The van der Waals surface area contributed by atoms with Gasteiger partial charge < -0.3 is 20.1 Å². The predicted molar refractivity (Wildman–Crippen MR) is 136 cm³/mol. The summed E-state index contributed by atoms with van der Waals surface area (Å²) in [4.78, 5) is 13.7. The van der Waals surface area contributed by atoms with Gasteiger partial charge in [-0.15, -0.1) is 0 Å². The van der Waals surface area contributed by atoms with E-state index in [1.807, 2.05) is 73.7 Å². The number of rotatable bonds is 5. The Morgan fingerprint density at radius 1 is 0.941 bits per heavy atom. The molecule has 0 saturated carbocycles. The first kappa shape index (κ1) is 22.4. The fourth-order valence-corrected chi connectivity index (χ4v) is 4.98. The molecular weight excluding hydrogens is 448 g/mol. The van der Waals surface area contributed by atoms with Crippen molar-refractivity contribution in [1.82, 2.24) is 0 Å². The monoisotopic (exact) mass is 474 g/mol. The molecule has 0 bridgehead atoms. The van der Waals surface area contributed by atoms with E-state index in [0.717, 1.165) is 40.2 Å². The fraction of sp³-hybridized carbons (Fsp3) is 0.250. The lowest BCUT2D eigenvalue weighted by molar-refractivity contribution is -0.116. The van der Waals surface area contributed by atoms with Crippen LogP contribution in [0, 0.1) is 0 Å². The third-order valence-electron chi connectivity index (χ3n) is 6.47. The number of methoxy groups -OCH3 is 1. The van der Waals surface area contributed by atoms with Gasteiger partial charge in [0.05, 0.1) is 31.1 Å². The van der Waals surface area contributed by atoms with Gasteiger partial charge in [-0.3, -0.25) is 4.79 Å². The molecule has 0 radical (unpaired) electrons. The van der Waals surface area contributed by atoms with Crippen LogP contribution in [-0.4, -0.2) is 19.5 Å². The van der Waals surface area contributed by atoms with Crippen LogP contribution in [0.25, 0.3) is 0 Å². The zero-order valence-electron chi connectivity index (χ0n) is 19.2. The second-order valence-electron chi connectivity index (χ2n) is 8.56. The van der Waals surface area contributed by atoms with Crippen LogP contribution in [0.1, 0.15) is 42.9 Å². The van der Waals surface area contributed by atoms with Gasteiger partial charge in [0.1, 0.15) is 0 Å². The average molecular weight is 475 g/mol. The lowest BCUT2D eigenvalue weighted by Gasteiger charge is -2.30. The fourth-order valence-electron chi connectivity index (χ4n) is 4.85. The van der Waals surface area contributed by atoms with Crippen molar-refractivity contribution in [3.8, 4) is 11.5 Å². The lowest BCUT2D eigenvalue weighted by Crippen LogP contribution is -2.26. The molecule has 1 heterocycles. The second-order valence-corrected chi connectivity index (χ2v) is 9.00. The molecule has 6 heteroatoms. The molecule has 2 N–H and O–H groups in total. The number of benzene rings is 3. The maximum Gasteiger partial charge on any atom is 0.163 e. The minimum atomic E-state index is -0.311. The van der Waals surface area contributed by atoms with Crippen LogP contribution in [0.15, 0.2) is 78.0 Å². The number of fused-ring (bicyclic) bond motifs is 1. The number of halogens is 1. The van der Waals surface area contributed by atoms with Gasteiger partial charge in [0.2, 0.25) is 0 Å². The van der Waals surface area contributed by atoms with Gasteiger partial charge in [-0.2, -0.15) is 0 Å². The van der Waals surface area contributed by atoms with Crippen LogP contribution in [-0.2, 0) is 4.79 Å². The summed E-state index contributed by atoms with van der Waals surface area (Å²) >= 11 is 6.09. The summed E-state index contributed by atoms with van der Waals surface area (Å²) < 4.78 is 11.3. The third kappa shape index (κ3) is 4.24. The molecule has 174 valence electrons. The summed E-state index contributed by atoms with van der Waals surface area (Å²) in [6.07, 6.45) is 1.19. The minimum Gasteiger partial charge on any atom is -0.493 e. The molecule has 0 aromatic heterocycles. The van der Waals surface area contributed by atoms with Crippen molar-refractivity contribution in [2.45, 2.75) is 31.7 Å². The van der Waals surface area contributed by atoms with Crippen LogP contribution >= 0.6 is 11.6 Å². The number of ether oxygens (including phenoxy) is 2. The van der Waals surface area contributed by atoms with Gasteiger partial charge in [0.15, 0.2) is 17.3 Å². The van der Waals surface area contributed by atoms with Gasteiger partial charge in [-0.05, 0) is 66.8 Å². The Kier molecular flexibility index (Phi) is 6.20. The normalized spacial score (nSPS) is 19.3. The predicted octanol–water partition coefficient (Wildman–Crippen LogP) is 6.73. The van der Waals surface area contributed by atoms with Crippen molar-refractivity contribution in [2.24, 2.45) is 0 Å². The Hall–Kier alpha value is -3.44. The van der Waals surface area contributed by atoms with E-state index >= 15 is 0 Å². The molecule has 0 spiro atoms. The van der Waals surface area contributed by atoms with E-state index in [0.29, 0.717) is 29.5 Å². The van der Waals surface area contributed by atoms with Gasteiger partial charge in [0.25, 0.3) is 0 Å². The zero-order chi connectivity index (χ0) is 23.7. The maximum atomic E-state index is 13.7. The number of ketones is 1. The molecule has 0 amide bonds. The Bertz CT molecular complexity index is 1250. The number of hydrogen-bond acceptors (Lipinski definition) is 5. The van der Waals surface area contributed by atoms with Crippen LogP contribution < -0.4 is 20.1 Å². The maximum absolute atomic E-state index is 13.7. The number of hydrogen-bond donors (Lipinski definition) is 2. The third-order valence-corrected chi connectivity index (χ3v) is 6.72. The summed E-state index contributed by atoms with van der Waals surface area (Å²) in [7, 11) is 1.63. The number of allylic oxidation sites excluding steroid dienone is 1. The molecule has 34 heavy (non-hydrogen) atoms. The van der Waals surface area contributed by atoms with Crippen molar-refractivity contribution < 1.29 is 14.3 Å². The lowest BCUT2D eigenvalue weighted by atomic mass is 9.78. The summed E-state index contributed by atoms with van der Waals surface area (Å²) in [5.74, 6) is 1.56. The largest absolute Gasteiger partial charge is 0.493 e. The van der Waals surface area contributed by atoms with E-state index in [-0.39, 0.29) is 17.7 Å². The van der Waals surface area contributed by atoms with Crippen LogP contribution in [0.5, 0.6) is 11.5 Å². The van der Waals surface area contributed by atoms with Gasteiger partial charge in [-0.1, -0.05) is 41.9 Å². The Balaban J connectivity index is 1.59. The number of carbonyl (C=O) groups is 1. The van der Waals surface area contributed by atoms with E-state index in [9.17, 15) is 4.79 Å². The number of Topliss-reactive ketones (excluding diaryl/α,β-unsaturated/α-hetero) is 1. The molecule has 1 aliphatic heterocycles. The second kappa shape index (κ2) is 9.43. The highest BCUT2D eigenvalue weighted by atomic mass is 35.5. The van der Waals surface area contributed by atoms with E-state index in [4.69, 9.17) is 21.1 Å². The molecule has 3 aromatic carbocycles. The first-order valence-electron chi connectivity index (χ1n) is 11.5. The van der Waals surface area contributed by atoms with E-state index in [1.54, 1.807) is 7.11 Å². The molecule has 3 aromatic rings. The van der Waals surface area contributed by atoms with Crippen molar-refractivity contribution in [2.75, 3.05) is 24.4 Å². The summed E-state index contributed by atoms with van der Waals surface area (Å²) in [5, 5.41) is 7.89. The first-order valence-corrected chi connectivity index (χ1v) is 11.9. The Labute approximate surface area is 204 Å². The molecule has 0 saturated heterocycles. The van der Waals surface area contributed by atoms with E-state index < -0.39 is 0 Å². The molecule has 1 aliphatic carbocycles. The highest BCUT2D eigenvalue weighted by Gasteiger charge is 2.36. The summed E-state index contributed by atoms with van der Waals surface area (Å²) in [6, 6.07) is 21.4. The van der Waals surface area contributed by atoms with Crippen molar-refractivity contribution >= 4 is 28.8 Å². The van der Waals surface area contributed by atoms with Gasteiger partial charge in [0, 0.05) is 22.7 Å². The SMILES string of the molecule is CCOc1ccc(C2Nc3ccccc3NC3=C2C(=O)CC(c2ccc(Cl)cc2)C3)cc1OC. The van der Waals surface area contributed by atoms with E-state index in [1.165, 1.54) is 0 Å². The standard InChI is InChI=1S/C28H27ClN2O3/c1-3-34-25-13-10-18(16-26(25)33-2)28-27-23(30-21-6-4-5-7-22(21)31-28)14-19(15-24(27)32)17-8-11-20(29)12-9-17/h4-13,16,19,28,30-31H,3,14-15H2,1-2H3. The molecule has 2 atom stereocenters. The smallest absolute Gasteiger partial charge is 0.163 e. The van der Waals surface area contributed by atoms with Crippen molar-refractivity contribution in [3.05, 3.63) is 94.1 Å². The van der Waals surface area contributed by atoms with Crippen LogP contribution in [0.3, 0.4) is 0 Å². The van der Waals surface area contributed by atoms with Gasteiger partial charge >= 0.3 is 0 Å². The summed E-state index contributed by atoms with van der Waals surface area (Å²) in [6.45, 7) is 2.49. The Morgan fingerprint density at radius 2 is 1.68 bits per heavy atom. The number of nitrogens with one attached hydrogen (secondary N) is 2. The zero-order valence-corrected chi connectivity index (χ0v) is 20.0. The van der Waals surface area contributed by atoms with Crippen molar-refractivity contribution in [3.63, 3.8) is 0 Å². The topological polar surface area (TPSA) is 59.6 Å². The van der Waals surface area contributed by atoms with Crippen molar-refractivity contribution in [1.29, 1.82) is 0 Å². The number of para-hydroxylation sites is 2. The highest BCUT2D eigenvalue weighted by Crippen LogP contribution is 2.45. The van der Waals surface area contributed by atoms with Crippen LogP contribution in [0.2, 0.25) is 5.02 Å². The number of anilines is 2. The first-order chi connectivity index (χ1) is 16.6. The quantitative estimate of drug-likeness (QED) is 0.429. The van der Waals surface area contributed by atoms with Gasteiger partial charge in [-0.25, -0.2) is 0 Å². The van der Waals surface area contributed by atoms with Crippen LogP contribution in [0.4, 0.5) is 11.4 Å². The molecule has 5 rings (SSSR count). The average Bonchev–Trinajstić information content (AvgIpc) is 3.02. The minimum absolute atomic E-state index is 0.0943. The molecule has 0 fully saturated rings. The Morgan fingerprint density at radius 3 is 2.41 bits per heavy atom. The molecule has 5 nitrogen and oxygen atoms in total. The highest BCUT2D eigenvalue weighted by molar-refractivity contribution is 6.30. The molecular formula is C28H27ClN2O3. The molecule has 2 aliphatic rings. The molecule has 2 unspecified atom stereocenters. The van der Waals surface area contributed by atoms with E-state index in [2.05, 4.69) is 10.6 Å². The number of carbonyl (C=O) groups excluding carboxylic acids is 1. The summed E-state index contributed by atoms with van der Waals surface area (Å²) in [5.41, 5.74) is 5.70.